The summed E-state index contributed by atoms with van der Waals surface area (Å²) < 4.78 is 0. The molecule has 33 heavy (non-hydrogen) atoms. The lowest BCUT2D eigenvalue weighted by Gasteiger charge is -2.33. The van der Waals surface area contributed by atoms with Gasteiger partial charge in [-0.25, -0.2) is 0 Å². The summed E-state index contributed by atoms with van der Waals surface area (Å²) in [7, 11) is 0. The van der Waals surface area contributed by atoms with E-state index in [1.54, 1.807) is 0 Å². The summed E-state index contributed by atoms with van der Waals surface area (Å²) in [5, 5.41) is 15.3. The number of likely N-dealkylation sites (tertiary alicyclic amines) is 2. The topological polar surface area (TPSA) is 72.3 Å². The van der Waals surface area contributed by atoms with E-state index in [0.29, 0.717) is 18.2 Å². The molecule has 2 aromatic carbocycles. The van der Waals surface area contributed by atoms with Crippen LogP contribution in [0.4, 0.5) is 5.69 Å². The van der Waals surface area contributed by atoms with Crippen molar-refractivity contribution in [2.45, 2.75) is 31.7 Å². The molecule has 2 fully saturated rings. The highest BCUT2D eigenvalue weighted by atomic mass is 16.2. The third-order valence-corrected chi connectivity index (χ3v) is 6.85. The zero-order valence-corrected chi connectivity index (χ0v) is 18.8. The highest BCUT2D eigenvalue weighted by Crippen LogP contribution is 2.32. The van der Waals surface area contributed by atoms with E-state index in [-0.39, 0.29) is 5.91 Å². The van der Waals surface area contributed by atoms with Crippen molar-refractivity contribution in [3.63, 3.8) is 0 Å². The molecule has 5 rings (SSSR count). The molecule has 2 saturated heterocycles. The van der Waals surface area contributed by atoms with Gasteiger partial charge in [0.1, 0.15) is 0 Å². The fourth-order valence-corrected chi connectivity index (χ4v) is 4.97. The Morgan fingerprint density at radius 1 is 1.06 bits per heavy atom. The Labute approximate surface area is 194 Å². The highest BCUT2D eigenvalue weighted by molar-refractivity contribution is 5.97. The summed E-state index contributed by atoms with van der Waals surface area (Å²) in [5.41, 5.74) is 3.85. The maximum atomic E-state index is 12.5. The van der Waals surface area contributed by atoms with Gasteiger partial charge in [0.2, 0.25) is 5.91 Å². The number of rotatable bonds is 5. The number of amides is 1. The molecular formula is C27H29N5O. The molecule has 168 valence electrons. The minimum atomic E-state index is 0.281. The Morgan fingerprint density at radius 2 is 1.88 bits per heavy atom. The predicted octanol–water partition coefficient (Wildman–Crippen LogP) is 4.27. The van der Waals surface area contributed by atoms with Crippen molar-refractivity contribution in [2.24, 2.45) is 0 Å². The summed E-state index contributed by atoms with van der Waals surface area (Å²) in [6, 6.07) is 16.7. The maximum Gasteiger partial charge on any atom is 0.236 e. The second kappa shape index (κ2) is 9.60. The number of hydrogen-bond acceptors (Lipinski definition) is 5. The Hall–Kier alpha value is -3.43. The Kier molecular flexibility index (Phi) is 6.23. The zero-order chi connectivity index (χ0) is 22.6. The van der Waals surface area contributed by atoms with Crippen LogP contribution in [0, 0.1) is 11.3 Å². The number of hydrogen-bond donors (Lipinski definition) is 1. The number of fused-ring (bicyclic) bond motifs is 1. The van der Waals surface area contributed by atoms with Gasteiger partial charge in [-0.05, 0) is 72.5 Å². The Morgan fingerprint density at radius 3 is 2.67 bits per heavy atom. The van der Waals surface area contributed by atoms with Crippen molar-refractivity contribution in [1.82, 2.24) is 14.8 Å². The van der Waals surface area contributed by atoms with Crippen LogP contribution >= 0.6 is 0 Å². The second-order valence-corrected chi connectivity index (χ2v) is 9.10. The van der Waals surface area contributed by atoms with Gasteiger partial charge in [0.25, 0.3) is 0 Å². The fraction of sp³-hybridized carbons (Fsp3) is 0.370. The van der Waals surface area contributed by atoms with Crippen LogP contribution in [0.25, 0.3) is 21.9 Å². The van der Waals surface area contributed by atoms with E-state index in [1.165, 1.54) is 0 Å². The normalized spacial score (nSPS) is 17.2. The summed E-state index contributed by atoms with van der Waals surface area (Å²) >= 11 is 0. The quantitative estimate of drug-likeness (QED) is 0.643. The van der Waals surface area contributed by atoms with Gasteiger partial charge in [0, 0.05) is 55.7 Å². The molecule has 0 unspecified atom stereocenters. The van der Waals surface area contributed by atoms with Crippen molar-refractivity contribution < 1.29 is 4.79 Å². The lowest BCUT2D eigenvalue weighted by atomic mass is 9.98. The summed E-state index contributed by atoms with van der Waals surface area (Å²) in [5.74, 6) is 0.281. The largest absolute Gasteiger partial charge is 0.382 e. The Bertz CT molecular complexity index is 1190. The number of anilines is 1. The van der Waals surface area contributed by atoms with E-state index in [4.69, 9.17) is 0 Å². The molecule has 1 amide bonds. The maximum absolute atomic E-state index is 12.5. The van der Waals surface area contributed by atoms with Crippen LogP contribution in [-0.4, -0.2) is 59.5 Å². The molecule has 6 heteroatoms. The van der Waals surface area contributed by atoms with E-state index >= 15 is 0 Å². The molecule has 3 heterocycles. The number of nitrogens with one attached hydrogen (secondary N) is 1. The standard InChI is InChI=1S/C27H29N5O/c28-17-20-4-3-5-21(14-20)23-15-22-6-9-29-18-25(22)26(16-23)30-24-7-12-31(13-8-24)19-27(33)32-10-1-2-11-32/h3-6,9,14-16,18,24,30H,1-2,7-8,10-13,19H2. The first-order chi connectivity index (χ1) is 16.2. The molecule has 0 saturated carbocycles. The molecule has 1 aromatic heterocycles. The average molecular weight is 440 g/mol. The van der Waals surface area contributed by atoms with E-state index in [9.17, 15) is 10.1 Å². The van der Waals surface area contributed by atoms with E-state index in [2.05, 4.69) is 33.4 Å². The average Bonchev–Trinajstić information content (AvgIpc) is 3.40. The smallest absolute Gasteiger partial charge is 0.236 e. The van der Waals surface area contributed by atoms with Crippen LogP contribution < -0.4 is 5.32 Å². The van der Waals surface area contributed by atoms with Gasteiger partial charge >= 0.3 is 0 Å². The van der Waals surface area contributed by atoms with Gasteiger partial charge in [-0.1, -0.05) is 12.1 Å². The van der Waals surface area contributed by atoms with Crippen LogP contribution in [-0.2, 0) is 4.79 Å². The van der Waals surface area contributed by atoms with Gasteiger partial charge in [-0.3, -0.25) is 14.7 Å². The number of benzene rings is 2. The number of aromatic nitrogens is 1. The lowest BCUT2D eigenvalue weighted by molar-refractivity contribution is -0.131. The molecule has 0 spiro atoms. The zero-order valence-electron chi connectivity index (χ0n) is 18.8. The highest BCUT2D eigenvalue weighted by Gasteiger charge is 2.24. The molecule has 0 bridgehead atoms. The van der Waals surface area contributed by atoms with Gasteiger partial charge in [0.05, 0.1) is 18.2 Å². The van der Waals surface area contributed by atoms with Crippen LogP contribution in [0.3, 0.4) is 0 Å². The number of pyridine rings is 1. The first-order valence-corrected chi connectivity index (χ1v) is 11.8. The van der Waals surface area contributed by atoms with Gasteiger partial charge in [-0.15, -0.1) is 0 Å². The Balaban J connectivity index is 1.30. The number of carbonyl (C=O) groups is 1. The SMILES string of the molecule is N#Cc1cccc(-c2cc(NC3CCN(CC(=O)N4CCCC4)CC3)c3cnccc3c2)c1. The van der Waals surface area contributed by atoms with Crippen molar-refractivity contribution in [3.8, 4) is 17.2 Å². The first kappa shape index (κ1) is 21.4. The van der Waals surface area contributed by atoms with Crippen LogP contribution in [0.5, 0.6) is 0 Å². The molecule has 6 nitrogen and oxygen atoms in total. The summed E-state index contributed by atoms with van der Waals surface area (Å²) in [4.78, 5) is 21.1. The number of nitrogens with zero attached hydrogens (tertiary/aromatic N) is 4. The number of piperidine rings is 1. The number of nitriles is 1. The second-order valence-electron chi connectivity index (χ2n) is 9.10. The van der Waals surface area contributed by atoms with Crippen molar-refractivity contribution in [1.29, 1.82) is 5.26 Å². The summed E-state index contributed by atoms with van der Waals surface area (Å²) in [6.07, 6.45) is 8.02. The van der Waals surface area contributed by atoms with Gasteiger partial charge in [0.15, 0.2) is 0 Å². The van der Waals surface area contributed by atoms with Crippen molar-refractivity contribution in [3.05, 3.63) is 60.4 Å². The van der Waals surface area contributed by atoms with Crippen LogP contribution in [0.2, 0.25) is 0 Å². The minimum absolute atomic E-state index is 0.281. The molecule has 2 aliphatic heterocycles. The van der Waals surface area contributed by atoms with E-state index < -0.39 is 0 Å². The monoisotopic (exact) mass is 439 g/mol. The van der Waals surface area contributed by atoms with Crippen molar-refractivity contribution >= 4 is 22.4 Å². The van der Waals surface area contributed by atoms with Crippen molar-refractivity contribution in [2.75, 3.05) is 38.0 Å². The van der Waals surface area contributed by atoms with E-state index in [1.807, 2.05) is 47.6 Å². The van der Waals surface area contributed by atoms with Crippen LogP contribution in [0.1, 0.15) is 31.2 Å². The summed E-state index contributed by atoms with van der Waals surface area (Å²) in [6.45, 7) is 4.25. The third kappa shape index (κ3) is 4.84. The van der Waals surface area contributed by atoms with Gasteiger partial charge in [-0.2, -0.15) is 5.26 Å². The van der Waals surface area contributed by atoms with E-state index in [0.717, 1.165) is 79.4 Å². The molecule has 2 aliphatic rings. The fourth-order valence-electron chi connectivity index (χ4n) is 4.97. The molecule has 0 radical (unpaired) electrons. The minimum Gasteiger partial charge on any atom is -0.382 e. The number of carbonyl (C=O) groups excluding carboxylic acids is 1. The van der Waals surface area contributed by atoms with Crippen LogP contribution in [0.15, 0.2) is 54.9 Å². The molecular weight excluding hydrogens is 410 g/mol. The third-order valence-electron chi connectivity index (χ3n) is 6.85. The molecule has 3 aromatic rings. The lowest BCUT2D eigenvalue weighted by Crippen LogP contribution is -2.44. The molecule has 1 N–H and O–H groups in total. The predicted molar refractivity (Wildman–Crippen MR) is 131 cm³/mol. The first-order valence-electron chi connectivity index (χ1n) is 11.8. The van der Waals surface area contributed by atoms with Gasteiger partial charge < -0.3 is 10.2 Å². The molecule has 0 aliphatic carbocycles. The molecule has 0 atom stereocenters.